The minimum Gasteiger partial charge on any atom is -0.478 e. The molecule has 4 rings (SSSR count). The van der Waals surface area contributed by atoms with E-state index in [1.807, 2.05) is 18.2 Å². The van der Waals surface area contributed by atoms with Gasteiger partial charge in [-0.1, -0.05) is 85.9 Å². The van der Waals surface area contributed by atoms with E-state index < -0.39 is 5.97 Å². The summed E-state index contributed by atoms with van der Waals surface area (Å²) in [6.45, 7) is 6.62. The van der Waals surface area contributed by atoms with Crippen molar-refractivity contribution in [3.63, 3.8) is 0 Å². The van der Waals surface area contributed by atoms with Gasteiger partial charge in [0, 0.05) is 11.1 Å². The molecule has 158 valence electrons. The molecule has 0 bridgehead atoms. The van der Waals surface area contributed by atoms with Crippen molar-refractivity contribution in [1.29, 1.82) is 0 Å². The molecular weight excluding hydrogens is 392 g/mol. The quantitative estimate of drug-likeness (QED) is 0.368. The van der Waals surface area contributed by atoms with Crippen LogP contribution in [-0.2, 0) is 5.41 Å². The average molecular weight is 419 g/mol. The van der Waals surface area contributed by atoms with Gasteiger partial charge in [0.1, 0.15) is 0 Å². The first-order chi connectivity index (χ1) is 15.3. The van der Waals surface area contributed by atoms with E-state index in [2.05, 4.69) is 87.2 Å². The maximum absolute atomic E-state index is 11.0. The minimum atomic E-state index is -0.913. The monoisotopic (exact) mass is 418 g/mol. The van der Waals surface area contributed by atoms with E-state index in [1.165, 1.54) is 16.7 Å². The summed E-state index contributed by atoms with van der Waals surface area (Å²) in [6, 6.07) is 21.7. The molecular formula is C30H26O2. The summed E-state index contributed by atoms with van der Waals surface area (Å²) in [7, 11) is 0. The predicted molar refractivity (Wildman–Crippen MR) is 132 cm³/mol. The molecule has 0 saturated heterocycles. The van der Waals surface area contributed by atoms with Crippen LogP contribution < -0.4 is 0 Å². The Bertz CT molecular complexity index is 1280. The summed E-state index contributed by atoms with van der Waals surface area (Å²) in [5, 5.41) is 9.06. The zero-order valence-electron chi connectivity index (χ0n) is 18.6. The molecule has 0 radical (unpaired) electrons. The van der Waals surface area contributed by atoms with Crippen LogP contribution in [0.3, 0.4) is 0 Å². The first-order valence-corrected chi connectivity index (χ1v) is 10.8. The highest BCUT2D eigenvalue weighted by Crippen LogP contribution is 2.39. The standard InChI is InChI=1S/C30H26O2/c1-21-4-6-22(7-5-21)10-14-25-18-19-30(2,3)28-17-13-24(20-27(25)28)9-8-23-11-15-26(16-12-23)29(31)32/h4-9,11-13,15-18,20H,19H2,1-3H3,(H,31,32)/b9-8+. The molecule has 0 unspecified atom stereocenters. The van der Waals surface area contributed by atoms with Gasteiger partial charge in [0.15, 0.2) is 0 Å². The fourth-order valence-electron chi connectivity index (χ4n) is 3.88. The second-order valence-electron chi connectivity index (χ2n) is 8.89. The summed E-state index contributed by atoms with van der Waals surface area (Å²) < 4.78 is 0. The van der Waals surface area contributed by atoms with Crippen molar-refractivity contribution in [3.8, 4) is 11.8 Å². The first kappa shape index (κ1) is 21.4. The van der Waals surface area contributed by atoms with E-state index in [4.69, 9.17) is 5.11 Å². The molecule has 0 fully saturated rings. The van der Waals surface area contributed by atoms with Crippen molar-refractivity contribution in [2.24, 2.45) is 0 Å². The second kappa shape index (κ2) is 8.73. The highest BCUT2D eigenvalue weighted by atomic mass is 16.4. The molecule has 2 nitrogen and oxygen atoms in total. The largest absolute Gasteiger partial charge is 0.478 e. The molecule has 0 spiro atoms. The van der Waals surface area contributed by atoms with Gasteiger partial charge in [-0.25, -0.2) is 4.79 Å². The van der Waals surface area contributed by atoms with Gasteiger partial charge in [-0.05, 0) is 71.3 Å². The summed E-state index contributed by atoms with van der Waals surface area (Å²) >= 11 is 0. The van der Waals surface area contributed by atoms with Crippen LogP contribution in [0.1, 0.15) is 64.0 Å². The highest BCUT2D eigenvalue weighted by Gasteiger charge is 2.27. The number of fused-ring (bicyclic) bond motifs is 1. The molecule has 3 aromatic carbocycles. The van der Waals surface area contributed by atoms with Gasteiger partial charge in [-0.3, -0.25) is 0 Å². The maximum Gasteiger partial charge on any atom is 0.335 e. The lowest BCUT2D eigenvalue weighted by atomic mass is 9.73. The van der Waals surface area contributed by atoms with E-state index in [0.717, 1.165) is 28.7 Å². The fourth-order valence-corrected chi connectivity index (χ4v) is 3.88. The Balaban J connectivity index is 1.65. The van der Waals surface area contributed by atoms with Gasteiger partial charge in [-0.2, -0.15) is 0 Å². The van der Waals surface area contributed by atoms with Crippen LogP contribution in [0.5, 0.6) is 0 Å². The molecule has 0 atom stereocenters. The molecule has 0 aliphatic heterocycles. The molecule has 0 heterocycles. The van der Waals surface area contributed by atoms with Crippen molar-refractivity contribution < 1.29 is 9.90 Å². The van der Waals surface area contributed by atoms with E-state index in [0.29, 0.717) is 5.56 Å². The molecule has 32 heavy (non-hydrogen) atoms. The zero-order chi connectivity index (χ0) is 22.7. The van der Waals surface area contributed by atoms with Crippen LogP contribution in [-0.4, -0.2) is 11.1 Å². The van der Waals surface area contributed by atoms with Gasteiger partial charge < -0.3 is 5.11 Å². The SMILES string of the molecule is Cc1ccc(C#CC2=CCC(C)(C)c3ccc(/C=C/c4ccc(C(=O)O)cc4)cc32)cc1. The molecule has 1 aliphatic rings. The lowest BCUT2D eigenvalue weighted by molar-refractivity contribution is 0.0697. The minimum absolute atomic E-state index is 0.0687. The fraction of sp³-hybridized carbons (Fsp3) is 0.167. The van der Waals surface area contributed by atoms with Crippen LogP contribution in [0.25, 0.3) is 17.7 Å². The highest BCUT2D eigenvalue weighted by molar-refractivity contribution is 5.88. The number of benzene rings is 3. The molecule has 0 amide bonds. The third-order valence-corrected chi connectivity index (χ3v) is 5.90. The van der Waals surface area contributed by atoms with E-state index >= 15 is 0 Å². The Morgan fingerprint density at radius 1 is 0.906 bits per heavy atom. The zero-order valence-corrected chi connectivity index (χ0v) is 18.6. The van der Waals surface area contributed by atoms with Crippen LogP contribution in [0, 0.1) is 18.8 Å². The number of allylic oxidation sites excluding steroid dienone is 2. The third kappa shape index (κ3) is 4.74. The number of aryl methyl sites for hydroxylation is 1. The van der Waals surface area contributed by atoms with Gasteiger partial charge in [0.05, 0.1) is 5.56 Å². The Labute approximate surface area is 189 Å². The smallest absolute Gasteiger partial charge is 0.335 e. The topological polar surface area (TPSA) is 37.3 Å². The number of carboxylic acids is 1. The normalized spacial score (nSPS) is 14.3. The Hall–Kier alpha value is -3.83. The number of aromatic carboxylic acids is 1. The van der Waals surface area contributed by atoms with E-state index in [1.54, 1.807) is 12.1 Å². The molecule has 0 saturated carbocycles. The lowest BCUT2D eigenvalue weighted by Gasteiger charge is -2.31. The predicted octanol–water partition coefficient (Wildman–Crippen LogP) is 6.98. The Morgan fingerprint density at radius 3 is 2.25 bits per heavy atom. The van der Waals surface area contributed by atoms with Gasteiger partial charge in [0.25, 0.3) is 0 Å². The first-order valence-electron chi connectivity index (χ1n) is 10.8. The second-order valence-corrected chi connectivity index (χ2v) is 8.89. The van der Waals surface area contributed by atoms with Crippen molar-refractivity contribution in [1.82, 2.24) is 0 Å². The summed E-state index contributed by atoms with van der Waals surface area (Å²) in [6.07, 6.45) is 7.27. The number of hydrogen-bond acceptors (Lipinski definition) is 1. The van der Waals surface area contributed by atoms with Gasteiger partial charge >= 0.3 is 5.97 Å². The third-order valence-electron chi connectivity index (χ3n) is 5.90. The molecule has 1 N–H and O–H groups in total. The van der Waals surface area contributed by atoms with Crippen molar-refractivity contribution >= 4 is 23.7 Å². The number of carbonyl (C=O) groups is 1. The maximum atomic E-state index is 11.0. The van der Waals surface area contributed by atoms with Gasteiger partial charge in [-0.15, -0.1) is 0 Å². The number of hydrogen-bond donors (Lipinski definition) is 1. The van der Waals surface area contributed by atoms with E-state index in [9.17, 15) is 4.79 Å². The molecule has 0 aromatic heterocycles. The number of carboxylic acid groups (broad SMARTS) is 1. The molecule has 2 heteroatoms. The van der Waals surface area contributed by atoms with Crippen LogP contribution in [0.15, 0.2) is 72.8 Å². The Kier molecular flexibility index (Phi) is 5.84. The summed E-state index contributed by atoms with van der Waals surface area (Å²) in [5.74, 6) is 5.80. The van der Waals surface area contributed by atoms with Crippen molar-refractivity contribution in [2.75, 3.05) is 0 Å². The van der Waals surface area contributed by atoms with Gasteiger partial charge in [0.2, 0.25) is 0 Å². The van der Waals surface area contributed by atoms with E-state index in [-0.39, 0.29) is 5.41 Å². The summed E-state index contributed by atoms with van der Waals surface area (Å²) in [5.41, 5.74) is 8.23. The van der Waals surface area contributed by atoms with Crippen molar-refractivity contribution in [2.45, 2.75) is 32.6 Å². The van der Waals surface area contributed by atoms with Crippen LogP contribution in [0.4, 0.5) is 0 Å². The average Bonchev–Trinajstić information content (AvgIpc) is 2.78. The lowest BCUT2D eigenvalue weighted by Crippen LogP contribution is -2.21. The summed E-state index contributed by atoms with van der Waals surface area (Å²) in [4.78, 5) is 11.0. The van der Waals surface area contributed by atoms with Crippen LogP contribution in [0.2, 0.25) is 0 Å². The Morgan fingerprint density at radius 2 is 1.56 bits per heavy atom. The van der Waals surface area contributed by atoms with Crippen molar-refractivity contribution in [3.05, 3.63) is 112 Å². The van der Waals surface area contributed by atoms with Crippen LogP contribution >= 0.6 is 0 Å². The molecule has 3 aromatic rings. The number of rotatable bonds is 3. The molecule has 1 aliphatic carbocycles.